The molecular formula is C19H22O. The Bertz CT molecular complexity index is 535. The number of hydrogen-bond donors (Lipinski definition) is 0. The van der Waals surface area contributed by atoms with E-state index in [1.54, 1.807) is 0 Å². The van der Waals surface area contributed by atoms with Crippen LogP contribution >= 0.6 is 0 Å². The minimum Gasteiger partial charge on any atom is -0.457 e. The fourth-order valence-corrected chi connectivity index (χ4v) is 2.05. The number of allylic oxidation sites excluding steroid dienone is 1. The zero-order chi connectivity index (χ0) is 14.2. The van der Waals surface area contributed by atoms with Gasteiger partial charge in [0.1, 0.15) is 11.5 Å². The second kappa shape index (κ2) is 7.54. The molecule has 0 saturated heterocycles. The number of ether oxygens (including phenoxy) is 1. The Morgan fingerprint density at radius 3 is 2.00 bits per heavy atom. The standard InChI is InChI=1S/C19H22O/c1-3-5-7-17-10-14-19(15-11-17)20-18-12-8-16(6-4-2)9-13-18/h5,7-15H,3-4,6H2,1-2H3/b7-5+. The number of hydrogen-bond acceptors (Lipinski definition) is 1. The predicted molar refractivity (Wildman–Crippen MR) is 86.3 cm³/mol. The SMILES string of the molecule is CC/C=C/c1ccc(Oc2ccc(CCC)cc2)cc1. The van der Waals surface area contributed by atoms with Gasteiger partial charge in [-0.1, -0.05) is 56.7 Å². The molecule has 0 saturated carbocycles. The Morgan fingerprint density at radius 1 is 0.850 bits per heavy atom. The minimum absolute atomic E-state index is 0.877. The van der Waals surface area contributed by atoms with Crippen molar-refractivity contribution in [1.82, 2.24) is 0 Å². The summed E-state index contributed by atoms with van der Waals surface area (Å²) in [5.74, 6) is 1.77. The second-order valence-corrected chi connectivity index (χ2v) is 4.88. The highest BCUT2D eigenvalue weighted by molar-refractivity contribution is 5.50. The Hall–Kier alpha value is -2.02. The van der Waals surface area contributed by atoms with Gasteiger partial charge in [-0.3, -0.25) is 0 Å². The van der Waals surface area contributed by atoms with Crippen molar-refractivity contribution in [2.75, 3.05) is 0 Å². The molecule has 0 bridgehead atoms. The van der Waals surface area contributed by atoms with Crippen LogP contribution in [0.2, 0.25) is 0 Å². The Morgan fingerprint density at radius 2 is 1.45 bits per heavy atom. The van der Waals surface area contributed by atoms with E-state index in [0.717, 1.165) is 24.3 Å². The Labute approximate surface area is 121 Å². The van der Waals surface area contributed by atoms with Gasteiger partial charge < -0.3 is 4.74 Å². The van der Waals surface area contributed by atoms with Crippen LogP contribution in [0.5, 0.6) is 11.5 Å². The molecule has 0 aromatic heterocycles. The van der Waals surface area contributed by atoms with Crippen molar-refractivity contribution in [3.8, 4) is 11.5 Å². The lowest BCUT2D eigenvalue weighted by Gasteiger charge is -2.07. The first-order chi connectivity index (χ1) is 9.81. The van der Waals surface area contributed by atoms with E-state index in [4.69, 9.17) is 4.74 Å². The van der Waals surface area contributed by atoms with Crippen molar-refractivity contribution in [1.29, 1.82) is 0 Å². The van der Waals surface area contributed by atoms with Crippen LogP contribution in [-0.4, -0.2) is 0 Å². The predicted octanol–water partition coefficient (Wildman–Crippen LogP) is 5.85. The molecule has 2 aromatic carbocycles. The highest BCUT2D eigenvalue weighted by Crippen LogP contribution is 2.22. The fraction of sp³-hybridized carbons (Fsp3) is 0.263. The summed E-state index contributed by atoms with van der Waals surface area (Å²) >= 11 is 0. The summed E-state index contributed by atoms with van der Waals surface area (Å²) < 4.78 is 5.85. The zero-order valence-corrected chi connectivity index (χ0v) is 12.3. The minimum atomic E-state index is 0.877. The highest BCUT2D eigenvalue weighted by Gasteiger charge is 1.98. The highest BCUT2D eigenvalue weighted by atomic mass is 16.5. The van der Waals surface area contributed by atoms with Crippen molar-refractivity contribution in [2.45, 2.75) is 33.1 Å². The van der Waals surface area contributed by atoms with Gasteiger partial charge in [-0.25, -0.2) is 0 Å². The van der Waals surface area contributed by atoms with Crippen LogP contribution in [-0.2, 0) is 6.42 Å². The molecule has 0 spiro atoms. The summed E-state index contributed by atoms with van der Waals surface area (Å²) in [6.45, 7) is 4.33. The third-order valence-corrected chi connectivity index (χ3v) is 3.12. The van der Waals surface area contributed by atoms with Crippen LogP contribution in [0.15, 0.2) is 54.6 Å². The smallest absolute Gasteiger partial charge is 0.127 e. The summed E-state index contributed by atoms with van der Waals surface area (Å²) in [5.41, 5.74) is 2.57. The first-order valence-electron chi connectivity index (χ1n) is 7.35. The van der Waals surface area contributed by atoms with Crippen molar-refractivity contribution >= 4 is 6.08 Å². The summed E-state index contributed by atoms with van der Waals surface area (Å²) in [4.78, 5) is 0. The van der Waals surface area contributed by atoms with Gasteiger partial charge in [0.05, 0.1) is 0 Å². The fourth-order valence-electron chi connectivity index (χ4n) is 2.05. The molecule has 0 aliphatic heterocycles. The van der Waals surface area contributed by atoms with E-state index in [9.17, 15) is 0 Å². The van der Waals surface area contributed by atoms with Gasteiger partial charge in [-0.15, -0.1) is 0 Å². The van der Waals surface area contributed by atoms with Gasteiger partial charge in [-0.2, -0.15) is 0 Å². The molecule has 0 radical (unpaired) electrons. The van der Waals surface area contributed by atoms with Crippen LogP contribution in [0.4, 0.5) is 0 Å². The molecule has 2 rings (SSSR count). The number of benzene rings is 2. The summed E-state index contributed by atoms with van der Waals surface area (Å²) in [5, 5.41) is 0. The van der Waals surface area contributed by atoms with Gasteiger partial charge in [0.15, 0.2) is 0 Å². The van der Waals surface area contributed by atoms with E-state index in [0.29, 0.717) is 0 Å². The normalized spacial score (nSPS) is 10.9. The Balaban J connectivity index is 2.00. The van der Waals surface area contributed by atoms with Crippen LogP contribution < -0.4 is 4.74 Å². The van der Waals surface area contributed by atoms with Crippen LogP contribution in [0.3, 0.4) is 0 Å². The molecule has 1 heteroatoms. The van der Waals surface area contributed by atoms with Crippen molar-refractivity contribution in [3.05, 3.63) is 65.7 Å². The third-order valence-electron chi connectivity index (χ3n) is 3.12. The van der Waals surface area contributed by atoms with Crippen LogP contribution in [0.1, 0.15) is 37.8 Å². The first kappa shape index (κ1) is 14.4. The first-order valence-corrected chi connectivity index (χ1v) is 7.35. The molecule has 0 unspecified atom stereocenters. The molecule has 0 heterocycles. The molecule has 0 atom stereocenters. The van der Waals surface area contributed by atoms with Gasteiger partial charge in [0.25, 0.3) is 0 Å². The number of aryl methyl sites for hydroxylation is 1. The van der Waals surface area contributed by atoms with Gasteiger partial charge in [-0.05, 0) is 48.2 Å². The van der Waals surface area contributed by atoms with E-state index in [-0.39, 0.29) is 0 Å². The second-order valence-electron chi connectivity index (χ2n) is 4.88. The maximum Gasteiger partial charge on any atom is 0.127 e. The third kappa shape index (κ3) is 4.27. The lowest BCUT2D eigenvalue weighted by Crippen LogP contribution is -1.86. The molecule has 0 aliphatic carbocycles. The Kier molecular flexibility index (Phi) is 5.43. The monoisotopic (exact) mass is 266 g/mol. The summed E-state index contributed by atoms with van der Waals surface area (Å²) in [6.07, 6.45) is 7.64. The van der Waals surface area contributed by atoms with Crippen LogP contribution in [0.25, 0.3) is 6.08 Å². The average Bonchev–Trinajstić information content (AvgIpc) is 2.49. The lowest BCUT2D eigenvalue weighted by molar-refractivity contribution is 0.482. The van der Waals surface area contributed by atoms with E-state index in [1.807, 2.05) is 24.3 Å². The van der Waals surface area contributed by atoms with Crippen molar-refractivity contribution in [2.24, 2.45) is 0 Å². The summed E-state index contributed by atoms with van der Waals surface area (Å²) in [7, 11) is 0. The molecule has 104 valence electrons. The largest absolute Gasteiger partial charge is 0.457 e. The van der Waals surface area contributed by atoms with Crippen molar-refractivity contribution in [3.63, 3.8) is 0 Å². The van der Waals surface area contributed by atoms with Gasteiger partial charge in [0.2, 0.25) is 0 Å². The quantitative estimate of drug-likeness (QED) is 0.636. The van der Waals surface area contributed by atoms with E-state index >= 15 is 0 Å². The molecule has 20 heavy (non-hydrogen) atoms. The zero-order valence-electron chi connectivity index (χ0n) is 12.3. The van der Waals surface area contributed by atoms with E-state index < -0.39 is 0 Å². The molecule has 0 amide bonds. The summed E-state index contributed by atoms with van der Waals surface area (Å²) in [6, 6.07) is 16.5. The molecular weight excluding hydrogens is 244 g/mol. The molecule has 0 aliphatic rings. The molecule has 1 nitrogen and oxygen atoms in total. The maximum atomic E-state index is 5.85. The number of rotatable bonds is 6. The van der Waals surface area contributed by atoms with Crippen LogP contribution in [0, 0.1) is 0 Å². The molecule has 2 aromatic rings. The van der Waals surface area contributed by atoms with Crippen molar-refractivity contribution < 1.29 is 4.74 Å². The maximum absolute atomic E-state index is 5.85. The molecule has 0 fully saturated rings. The molecule has 0 N–H and O–H groups in total. The van der Waals surface area contributed by atoms with Gasteiger partial charge in [0, 0.05) is 0 Å². The van der Waals surface area contributed by atoms with Gasteiger partial charge >= 0.3 is 0 Å². The topological polar surface area (TPSA) is 9.23 Å². The van der Waals surface area contributed by atoms with E-state index in [2.05, 4.69) is 50.3 Å². The lowest BCUT2D eigenvalue weighted by atomic mass is 10.1. The average molecular weight is 266 g/mol. The van der Waals surface area contributed by atoms with E-state index in [1.165, 1.54) is 17.5 Å².